The second-order valence-electron chi connectivity index (χ2n) is 5.41. The Labute approximate surface area is 115 Å². The van der Waals surface area contributed by atoms with Gasteiger partial charge in [-0.2, -0.15) is 0 Å². The molecule has 2 rings (SSSR count). The summed E-state index contributed by atoms with van der Waals surface area (Å²) in [7, 11) is 0. The van der Waals surface area contributed by atoms with E-state index < -0.39 is 0 Å². The highest BCUT2D eigenvalue weighted by atomic mass is 16.1. The van der Waals surface area contributed by atoms with Crippen LogP contribution in [0.4, 0.5) is 11.4 Å². The Bertz CT molecular complexity index is 453. The highest BCUT2D eigenvalue weighted by Gasteiger charge is 2.14. The molecule has 1 unspecified atom stereocenters. The third-order valence-corrected chi connectivity index (χ3v) is 3.57. The van der Waals surface area contributed by atoms with Gasteiger partial charge in [0, 0.05) is 29.5 Å². The van der Waals surface area contributed by atoms with Gasteiger partial charge in [-0.05, 0) is 58.0 Å². The number of hydrogen-bond acceptors (Lipinski definition) is 4. The summed E-state index contributed by atoms with van der Waals surface area (Å²) in [5, 5.41) is 3.44. The van der Waals surface area contributed by atoms with Crippen LogP contribution in [0, 0.1) is 0 Å². The van der Waals surface area contributed by atoms with Crippen molar-refractivity contribution in [2.24, 2.45) is 0 Å². The van der Waals surface area contributed by atoms with Crippen LogP contribution in [0.1, 0.15) is 37.0 Å². The number of nitrogens with two attached hydrogens (primary N) is 1. The molecule has 1 aliphatic heterocycles. The predicted octanol–water partition coefficient (Wildman–Crippen LogP) is 2.37. The lowest BCUT2D eigenvalue weighted by atomic mass is 10.1. The molecule has 0 amide bonds. The molecule has 0 spiro atoms. The van der Waals surface area contributed by atoms with Crippen LogP contribution in [0.3, 0.4) is 0 Å². The van der Waals surface area contributed by atoms with Crippen LogP contribution >= 0.6 is 0 Å². The van der Waals surface area contributed by atoms with Crippen molar-refractivity contribution in [3.8, 4) is 0 Å². The largest absolute Gasteiger partial charge is 0.398 e. The van der Waals surface area contributed by atoms with Gasteiger partial charge in [-0.1, -0.05) is 0 Å². The summed E-state index contributed by atoms with van der Waals surface area (Å²) in [5.74, 6) is 0.00849. The fourth-order valence-electron chi connectivity index (χ4n) is 2.66. The molecule has 104 valence electrons. The molecule has 4 nitrogen and oxygen atoms in total. The molecule has 0 radical (unpaired) electrons. The summed E-state index contributed by atoms with van der Waals surface area (Å²) < 4.78 is 0. The second kappa shape index (κ2) is 6.06. The molecule has 1 aliphatic rings. The van der Waals surface area contributed by atoms with Crippen LogP contribution in [0.5, 0.6) is 0 Å². The monoisotopic (exact) mass is 261 g/mol. The number of nitrogens with one attached hydrogen (secondary N) is 1. The molecule has 0 aliphatic carbocycles. The predicted molar refractivity (Wildman–Crippen MR) is 79.6 cm³/mol. The highest BCUT2D eigenvalue weighted by Crippen LogP contribution is 2.19. The number of benzene rings is 1. The van der Waals surface area contributed by atoms with Crippen LogP contribution in [0.2, 0.25) is 0 Å². The van der Waals surface area contributed by atoms with Crippen molar-refractivity contribution >= 4 is 17.2 Å². The van der Waals surface area contributed by atoms with Crippen LogP contribution in [0.25, 0.3) is 0 Å². The van der Waals surface area contributed by atoms with Gasteiger partial charge in [0.1, 0.15) is 0 Å². The van der Waals surface area contributed by atoms with Crippen molar-refractivity contribution in [3.05, 3.63) is 23.8 Å². The Morgan fingerprint density at radius 2 is 2.11 bits per heavy atom. The van der Waals surface area contributed by atoms with Crippen molar-refractivity contribution < 1.29 is 4.79 Å². The van der Waals surface area contributed by atoms with E-state index in [1.165, 1.54) is 32.9 Å². The van der Waals surface area contributed by atoms with Crippen molar-refractivity contribution in [2.45, 2.75) is 32.7 Å². The number of nitrogen functional groups attached to an aromatic ring is 1. The number of carbonyl (C=O) groups excluding carboxylic acids is 1. The molecule has 1 fully saturated rings. The lowest BCUT2D eigenvalue weighted by Crippen LogP contribution is -2.32. The van der Waals surface area contributed by atoms with E-state index in [-0.39, 0.29) is 5.78 Å². The minimum Gasteiger partial charge on any atom is -0.398 e. The number of likely N-dealkylation sites (tertiary alicyclic amines) is 1. The molecule has 1 aromatic carbocycles. The fraction of sp³-hybridized carbons (Fsp3) is 0.533. The maximum absolute atomic E-state index is 11.3. The van der Waals surface area contributed by atoms with Gasteiger partial charge in [-0.15, -0.1) is 0 Å². The van der Waals surface area contributed by atoms with E-state index in [1.807, 2.05) is 12.1 Å². The summed E-state index contributed by atoms with van der Waals surface area (Å²) in [4.78, 5) is 13.8. The average Bonchev–Trinajstić information content (AvgIpc) is 2.81. The number of Topliss-reactive ketones (excluding diaryl/α,β-unsaturated/α-hetero) is 1. The molecule has 0 aromatic heterocycles. The standard InChI is InChI=1S/C15H23N3O/c1-11(10-18-7-3-4-8-18)17-13-5-6-14(12(2)19)15(16)9-13/h5-6,9,11,17H,3-4,7-8,10,16H2,1-2H3. The lowest BCUT2D eigenvalue weighted by Gasteiger charge is -2.22. The van der Waals surface area contributed by atoms with Crippen molar-refractivity contribution in [1.29, 1.82) is 0 Å². The molecule has 0 bridgehead atoms. The summed E-state index contributed by atoms with van der Waals surface area (Å²) in [5.41, 5.74) is 8.01. The highest BCUT2D eigenvalue weighted by molar-refractivity contribution is 5.99. The van der Waals surface area contributed by atoms with Gasteiger partial charge in [-0.25, -0.2) is 0 Å². The molecule has 1 saturated heterocycles. The third-order valence-electron chi connectivity index (χ3n) is 3.57. The first-order valence-electron chi connectivity index (χ1n) is 6.95. The van der Waals surface area contributed by atoms with E-state index in [0.29, 0.717) is 17.3 Å². The molecule has 0 saturated carbocycles. The smallest absolute Gasteiger partial charge is 0.161 e. The van der Waals surface area contributed by atoms with Crippen molar-refractivity contribution in [2.75, 3.05) is 30.7 Å². The number of ketones is 1. The summed E-state index contributed by atoms with van der Waals surface area (Å²) in [6.07, 6.45) is 2.62. The van der Waals surface area contributed by atoms with Gasteiger partial charge >= 0.3 is 0 Å². The third kappa shape index (κ3) is 3.70. The maximum Gasteiger partial charge on any atom is 0.161 e. The Morgan fingerprint density at radius 1 is 1.42 bits per heavy atom. The van der Waals surface area contributed by atoms with Crippen LogP contribution in [-0.4, -0.2) is 36.4 Å². The Balaban J connectivity index is 1.94. The van der Waals surface area contributed by atoms with Crippen molar-refractivity contribution in [3.63, 3.8) is 0 Å². The average molecular weight is 261 g/mol. The fourth-order valence-corrected chi connectivity index (χ4v) is 2.66. The molecule has 1 atom stereocenters. The quantitative estimate of drug-likeness (QED) is 0.631. The molecular formula is C15H23N3O. The molecule has 19 heavy (non-hydrogen) atoms. The number of anilines is 2. The van der Waals surface area contributed by atoms with E-state index >= 15 is 0 Å². The zero-order valence-corrected chi connectivity index (χ0v) is 11.8. The zero-order chi connectivity index (χ0) is 13.8. The summed E-state index contributed by atoms with van der Waals surface area (Å²) in [6.45, 7) is 7.17. The summed E-state index contributed by atoms with van der Waals surface area (Å²) >= 11 is 0. The Kier molecular flexibility index (Phi) is 4.43. The number of rotatable bonds is 5. The SMILES string of the molecule is CC(=O)c1ccc(NC(C)CN2CCCC2)cc1N. The lowest BCUT2D eigenvalue weighted by molar-refractivity contribution is 0.101. The number of hydrogen-bond donors (Lipinski definition) is 2. The Hall–Kier alpha value is -1.55. The molecular weight excluding hydrogens is 238 g/mol. The molecule has 3 N–H and O–H groups in total. The van der Waals surface area contributed by atoms with Gasteiger partial charge < -0.3 is 16.0 Å². The van der Waals surface area contributed by atoms with E-state index in [4.69, 9.17) is 5.73 Å². The molecule has 4 heteroatoms. The van der Waals surface area contributed by atoms with Crippen LogP contribution in [0.15, 0.2) is 18.2 Å². The van der Waals surface area contributed by atoms with Gasteiger partial charge in [0.25, 0.3) is 0 Å². The van der Waals surface area contributed by atoms with Gasteiger partial charge in [-0.3, -0.25) is 4.79 Å². The minimum atomic E-state index is 0.00849. The van der Waals surface area contributed by atoms with Gasteiger partial charge in [0.2, 0.25) is 0 Å². The maximum atomic E-state index is 11.3. The van der Waals surface area contributed by atoms with Gasteiger partial charge in [0.05, 0.1) is 0 Å². The normalized spacial score (nSPS) is 17.4. The minimum absolute atomic E-state index is 0.00849. The Morgan fingerprint density at radius 3 is 2.68 bits per heavy atom. The first kappa shape index (κ1) is 13.9. The van der Waals surface area contributed by atoms with Crippen LogP contribution in [-0.2, 0) is 0 Å². The van der Waals surface area contributed by atoms with Crippen LogP contribution < -0.4 is 11.1 Å². The van der Waals surface area contributed by atoms with E-state index in [0.717, 1.165) is 12.2 Å². The van der Waals surface area contributed by atoms with E-state index in [2.05, 4.69) is 17.1 Å². The van der Waals surface area contributed by atoms with Gasteiger partial charge in [0.15, 0.2) is 5.78 Å². The molecule has 1 heterocycles. The summed E-state index contributed by atoms with van der Waals surface area (Å²) in [6, 6.07) is 5.94. The first-order chi connectivity index (χ1) is 9.06. The van der Waals surface area contributed by atoms with Crippen molar-refractivity contribution in [1.82, 2.24) is 4.90 Å². The number of carbonyl (C=O) groups is 1. The number of nitrogens with zero attached hydrogens (tertiary/aromatic N) is 1. The first-order valence-corrected chi connectivity index (χ1v) is 6.95. The second-order valence-corrected chi connectivity index (χ2v) is 5.41. The van der Waals surface area contributed by atoms with E-state index in [9.17, 15) is 4.79 Å². The topological polar surface area (TPSA) is 58.4 Å². The molecule has 1 aromatic rings. The zero-order valence-electron chi connectivity index (χ0n) is 11.8. The van der Waals surface area contributed by atoms with E-state index in [1.54, 1.807) is 6.07 Å².